The predicted octanol–water partition coefficient (Wildman–Crippen LogP) is 2.92. The molecule has 0 saturated carbocycles. The summed E-state index contributed by atoms with van der Waals surface area (Å²) in [6.07, 6.45) is -4.51. The maximum Gasteiger partial charge on any atom is 0.416 e. The van der Waals surface area contributed by atoms with Crippen molar-refractivity contribution in [2.24, 2.45) is 0 Å². The lowest BCUT2D eigenvalue weighted by atomic mass is 10.2. The second kappa shape index (κ2) is 6.81. The smallest absolute Gasteiger partial charge is 0.416 e. The summed E-state index contributed by atoms with van der Waals surface area (Å²) in [7, 11) is -3.86. The molecule has 2 aromatic rings. The number of aromatic hydroxyl groups is 1. The predicted molar refractivity (Wildman–Crippen MR) is 90.5 cm³/mol. The molecule has 0 spiro atoms. The third-order valence-electron chi connectivity index (χ3n) is 4.28. The van der Waals surface area contributed by atoms with Crippen LogP contribution < -0.4 is 4.90 Å². The van der Waals surface area contributed by atoms with Gasteiger partial charge in [0.1, 0.15) is 5.75 Å². The van der Waals surface area contributed by atoms with Gasteiger partial charge in [-0.1, -0.05) is 12.1 Å². The van der Waals surface area contributed by atoms with Crippen LogP contribution in [0.2, 0.25) is 0 Å². The number of halogens is 3. The number of piperazine rings is 1. The normalized spacial score (nSPS) is 16.7. The lowest BCUT2D eigenvalue weighted by Gasteiger charge is -2.35. The van der Waals surface area contributed by atoms with Gasteiger partial charge in [0.2, 0.25) is 10.0 Å². The fraction of sp³-hybridized carbons (Fsp3) is 0.294. The summed E-state index contributed by atoms with van der Waals surface area (Å²) in [5.74, 6) is 0.117. The van der Waals surface area contributed by atoms with E-state index in [0.29, 0.717) is 18.8 Å². The van der Waals surface area contributed by atoms with Gasteiger partial charge >= 0.3 is 6.18 Å². The van der Waals surface area contributed by atoms with Crippen molar-refractivity contribution in [1.29, 1.82) is 0 Å². The number of para-hydroxylation sites is 2. The molecule has 0 amide bonds. The summed E-state index contributed by atoms with van der Waals surface area (Å²) in [6, 6.07) is 10.3. The van der Waals surface area contributed by atoms with Gasteiger partial charge in [-0.2, -0.15) is 17.5 Å². The van der Waals surface area contributed by atoms with Gasteiger partial charge in [-0.3, -0.25) is 0 Å². The summed E-state index contributed by atoms with van der Waals surface area (Å²) in [6.45, 7) is 1.10. The van der Waals surface area contributed by atoms with E-state index in [2.05, 4.69) is 0 Å². The highest BCUT2D eigenvalue weighted by atomic mass is 32.2. The van der Waals surface area contributed by atoms with Crippen LogP contribution in [0, 0.1) is 0 Å². The highest BCUT2D eigenvalue weighted by Crippen LogP contribution is 2.31. The molecule has 2 aromatic carbocycles. The summed E-state index contributed by atoms with van der Waals surface area (Å²) in [5, 5.41) is 9.89. The third kappa shape index (κ3) is 3.63. The Kier molecular flexibility index (Phi) is 4.85. The van der Waals surface area contributed by atoms with Gasteiger partial charge in [0.25, 0.3) is 0 Å². The average Bonchev–Trinajstić information content (AvgIpc) is 2.62. The van der Waals surface area contributed by atoms with Crippen LogP contribution in [-0.2, 0) is 16.2 Å². The number of nitrogens with zero attached hydrogens (tertiary/aromatic N) is 2. The van der Waals surface area contributed by atoms with E-state index in [1.807, 2.05) is 4.90 Å². The number of phenols is 1. The van der Waals surface area contributed by atoms with Gasteiger partial charge in [0.15, 0.2) is 0 Å². The Morgan fingerprint density at radius 2 is 1.46 bits per heavy atom. The molecule has 0 radical (unpaired) electrons. The SMILES string of the molecule is O=S(=O)(c1ccc(C(F)(F)F)cc1)N1CCN(c2ccccc2O)CC1. The zero-order valence-corrected chi connectivity index (χ0v) is 14.5. The van der Waals surface area contributed by atoms with Crippen LogP contribution in [0.15, 0.2) is 53.4 Å². The monoisotopic (exact) mass is 386 g/mol. The van der Waals surface area contributed by atoms with Gasteiger partial charge in [0, 0.05) is 26.2 Å². The summed E-state index contributed by atoms with van der Waals surface area (Å²) in [4.78, 5) is 1.70. The van der Waals surface area contributed by atoms with Crippen LogP contribution in [0.1, 0.15) is 5.56 Å². The van der Waals surface area contributed by atoms with E-state index in [4.69, 9.17) is 0 Å². The molecule has 1 N–H and O–H groups in total. The van der Waals surface area contributed by atoms with E-state index in [1.165, 1.54) is 4.31 Å². The lowest BCUT2D eigenvalue weighted by Crippen LogP contribution is -2.48. The van der Waals surface area contributed by atoms with Crippen molar-refractivity contribution in [3.63, 3.8) is 0 Å². The van der Waals surface area contributed by atoms with Gasteiger partial charge in [-0.15, -0.1) is 0 Å². The molecule has 140 valence electrons. The van der Waals surface area contributed by atoms with E-state index >= 15 is 0 Å². The maximum atomic E-state index is 12.6. The average molecular weight is 386 g/mol. The van der Waals surface area contributed by atoms with Crippen LogP contribution in [0.4, 0.5) is 18.9 Å². The fourth-order valence-electron chi connectivity index (χ4n) is 2.87. The van der Waals surface area contributed by atoms with Gasteiger partial charge < -0.3 is 10.0 Å². The number of benzene rings is 2. The molecule has 1 saturated heterocycles. The molecule has 26 heavy (non-hydrogen) atoms. The zero-order valence-electron chi connectivity index (χ0n) is 13.6. The number of hydrogen-bond acceptors (Lipinski definition) is 4. The Balaban J connectivity index is 1.73. The Bertz CT molecular complexity index is 875. The first-order valence-corrected chi connectivity index (χ1v) is 9.34. The molecule has 3 rings (SSSR count). The number of alkyl halides is 3. The van der Waals surface area contributed by atoms with Crippen molar-refractivity contribution in [3.05, 3.63) is 54.1 Å². The summed E-state index contributed by atoms with van der Waals surface area (Å²) < 4.78 is 64.4. The van der Waals surface area contributed by atoms with E-state index in [0.717, 1.165) is 24.3 Å². The minimum atomic E-state index is -4.51. The number of phenolic OH excluding ortho intramolecular Hbond substituents is 1. The maximum absolute atomic E-state index is 12.6. The Labute approximate surface area is 149 Å². The van der Waals surface area contributed by atoms with Crippen molar-refractivity contribution in [2.75, 3.05) is 31.1 Å². The van der Waals surface area contributed by atoms with Crippen LogP contribution in [0.25, 0.3) is 0 Å². The van der Waals surface area contributed by atoms with Crippen LogP contribution >= 0.6 is 0 Å². The molecule has 9 heteroatoms. The second-order valence-corrected chi connectivity index (χ2v) is 7.84. The van der Waals surface area contributed by atoms with Crippen LogP contribution in [-0.4, -0.2) is 44.0 Å². The van der Waals surface area contributed by atoms with E-state index < -0.39 is 21.8 Å². The molecule has 1 aliphatic rings. The molecular weight excluding hydrogens is 369 g/mol. The minimum absolute atomic E-state index is 0.117. The number of rotatable bonds is 3. The summed E-state index contributed by atoms with van der Waals surface area (Å²) >= 11 is 0. The largest absolute Gasteiger partial charge is 0.506 e. The molecule has 5 nitrogen and oxygen atoms in total. The first-order valence-electron chi connectivity index (χ1n) is 7.90. The lowest BCUT2D eigenvalue weighted by molar-refractivity contribution is -0.137. The second-order valence-electron chi connectivity index (χ2n) is 5.90. The van der Waals surface area contributed by atoms with Gasteiger partial charge in [-0.05, 0) is 36.4 Å². The zero-order chi connectivity index (χ0) is 18.9. The standard InChI is InChI=1S/C17H17F3N2O3S/c18-17(19,20)13-5-7-14(8-6-13)26(24,25)22-11-9-21(10-12-22)15-3-1-2-4-16(15)23/h1-8,23H,9-12H2. The number of sulfonamides is 1. The molecule has 0 atom stereocenters. The number of hydrogen-bond donors (Lipinski definition) is 1. The van der Waals surface area contributed by atoms with Crippen molar-refractivity contribution in [1.82, 2.24) is 4.31 Å². The van der Waals surface area contributed by atoms with Crippen molar-refractivity contribution in [2.45, 2.75) is 11.1 Å². The molecule has 1 heterocycles. The quantitative estimate of drug-likeness (QED) is 0.881. The van der Waals surface area contributed by atoms with Crippen molar-refractivity contribution >= 4 is 15.7 Å². The Morgan fingerprint density at radius 3 is 2.00 bits per heavy atom. The minimum Gasteiger partial charge on any atom is -0.506 e. The van der Waals surface area contributed by atoms with Crippen molar-refractivity contribution in [3.8, 4) is 5.75 Å². The van der Waals surface area contributed by atoms with Crippen molar-refractivity contribution < 1.29 is 26.7 Å². The van der Waals surface area contributed by atoms with E-state index in [-0.39, 0.29) is 23.7 Å². The first-order chi connectivity index (χ1) is 12.2. The molecule has 0 aliphatic carbocycles. The van der Waals surface area contributed by atoms with Crippen LogP contribution in [0.5, 0.6) is 5.75 Å². The van der Waals surface area contributed by atoms with Gasteiger partial charge in [0.05, 0.1) is 16.1 Å². The molecule has 1 fully saturated rings. The first kappa shape index (κ1) is 18.5. The van der Waals surface area contributed by atoms with Gasteiger partial charge in [-0.25, -0.2) is 8.42 Å². The molecule has 0 unspecified atom stereocenters. The molecule has 0 aromatic heterocycles. The highest BCUT2D eigenvalue weighted by Gasteiger charge is 2.32. The summed E-state index contributed by atoms with van der Waals surface area (Å²) in [5.41, 5.74) is -0.264. The molecular formula is C17H17F3N2O3S. The van der Waals surface area contributed by atoms with E-state index in [9.17, 15) is 26.7 Å². The fourth-order valence-corrected chi connectivity index (χ4v) is 4.29. The number of anilines is 1. The van der Waals surface area contributed by atoms with E-state index in [1.54, 1.807) is 24.3 Å². The van der Waals surface area contributed by atoms with Crippen LogP contribution in [0.3, 0.4) is 0 Å². The topological polar surface area (TPSA) is 60.9 Å². The molecule has 1 aliphatic heterocycles. The third-order valence-corrected chi connectivity index (χ3v) is 6.19. The highest BCUT2D eigenvalue weighted by molar-refractivity contribution is 7.89. The molecule has 0 bridgehead atoms. The Morgan fingerprint density at radius 1 is 0.885 bits per heavy atom. The Hall–Kier alpha value is -2.26.